The Morgan fingerprint density at radius 3 is 3.00 bits per heavy atom. The first-order chi connectivity index (χ1) is 7.26. The van der Waals surface area contributed by atoms with Gasteiger partial charge in [-0.15, -0.1) is 0 Å². The van der Waals surface area contributed by atoms with E-state index < -0.39 is 0 Å². The summed E-state index contributed by atoms with van der Waals surface area (Å²) >= 11 is 3.03. The zero-order chi connectivity index (χ0) is 10.8. The van der Waals surface area contributed by atoms with E-state index >= 15 is 0 Å². The lowest BCUT2D eigenvalue weighted by Crippen LogP contribution is -1.99. The number of aromatic nitrogens is 1. The molecule has 5 heteroatoms. The Labute approximate surface area is 93.4 Å². The van der Waals surface area contributed by atoms with Crippen molar-refractivity contribution in [2.75, 3.05) is 5.33 Å². The fourth-order valence-corrected chi connectivity index (χ4v) is 1.48. The number of hydrogen-bond donors (Lipinski definition) is 0. The Bertz CT molecular complexity index is 532. The fraction of sp³-hybridized carbons (Fsp3) is 0.100. The van der Waals surface area contributed by atoms with Gasteiger partial charge in [0.05, 0.1) is 10.9 Å². The first-order valence-electron chi connectivity index (χ1n) is 4.20. The van der Waals surface area contributed by atoms with Gasteiger partial charge in [0, 0.05) is 0 Å². The van der Waals surface area contributed by atoms with E-state index in [4.69, 9.17) is 4.42 Å². The predicted octanol–water partition coefficient (Wildman–Crippen LogP) is 2.22. The normalized spacial score (nSPS) is 10.5. The van der Waals surface area contributed by atoms with Crippen LogP contribution in [-0.4, -0.2) is 22.4 Å². The summed E-state index contributed by atoms with van der Waals surface area (Å²) in [5.74, 6) is -0.223. The highest BCUT2D eigenvalue weighted by Crippen LogP contribution is 2.19. The highest BCUT2D eigenvalue weighted by atomic mass is 79.9. The van der Waals surface area contributed by atoms with Crippen LogP contribution >= 0.6 is 15.9 Å². The first-order valence-corrected chi connectivity index (χ1v) is 5.32. The van der Waals surface area contributed by atoms with Crippen LogP contribution in [-0.2, 0) is 0 Å². The van der Waals surface area contributed by atoms with Gasteiger partial charge in [-0.3, -0.25) is 9.59 Å². The molecular weight excluding hydrogens is 262 g/mol. The Morgan fingerprint density at radius 2 is 2.33 bits per heavy atom. The van der Waals surface area contributed by atoms with Crippen LogP contribution in [0.2, 0.25) is 0 Å². The summed E-state index contributed by atoms with van der Waals surface area (Å²) in [6.07, 6.45) is 0.676. The van der Waals surface area contributed by atoms with Gasteiger partial charge >= 0.3 is 0 Å². The van der Waals surface area contributed by atoms with Gasteiger partial charge < -0.3 is 4.42 Å². The maximum atomic E-state index is 11.3. The number of nitrogens with zero attached hydrogens (tertiary/aromatic N) is 1. The molecule has 0 radical (unpaired) electrons. The molecule has 0 atom stereocenters. The predicted molar refractivity (Wildman–Crippen MR) is 57.5 cm³/mol. The number of para-hydroxylation sites is 1. The second-order valence-electron chi connectivity index (χ2n) is 2.89. The largest absolute Gasteiger partial charge is 0.433 e. The number of alkyl halides is 1. The van der Waals surface area contributed by atoms with Crippen LogP contribution in [0.15, 0.2) is 22.6 Å². The Morgan fingerprint density at radius 1 is 1.53 bits per heavy atom. The SMILES string of the molecule is O=Cc1cccc2nc(C(=O)CBr)oc12. The van der Waals surface area contributed by atoms with Crippen molar-refractivity contribution in [3.63, 3.8) is 0 Å². The van der Waals surface area contributed by atoms with Gasteiger partial charge in [0.25, 0.3) is 5.89 Å². The molecule has 0 spiro atoms. The van der Waals surface area contributed by atoms with Gasteiger partial charge in [-0.2, -0.15) is 0 Å². The zero-order valence-corrected chi connectivity index (χ0v) is 9.15. The van der Waals surface area contributed by atoms with E-state index in [1.165, 1.54) is 0 Å². The number of aldehydes is 1. The molecule has 0 unspecified atom stereocenters. The lowest BCUT2D eigenvalue weighted by molar-refractivity contribution is 0.0988. The summed E-state index contributed by atoms with van der Waals surface area (Å²) < 4.78 is 5.22. The lowest BCUT2D eigenvalue weighted by atomic mass is 10.2. The zero-order valence-electron chi connectivity index (χ0n) is 7.57. The minimum Gasteiger partial charge on any atom is -0.433 e. The van der Waals surface area contributed by atoms with E-state index in [2.05, 4.69) is 20.9 Å². The average molecular weight is 268 g/mol. The monoisotopic (exact) mass is 267 g/mol. The molecule has 0 aliphatic rings. The number of benzene rings is 1. The first kappa shape index (κ1) is 10.0. The standard InChI is InChI=1S/C10H6BrNO3/c11-4-8(14)10-12-7-3-1-2-6(5-13)9(7)15-10/h1-3,5H,4H2. The molecule has 0 fully saturated rings. The summed E-state index contributed by atoms with van der Waals surface area (Å²) in [6, 6.07) is 5.00. The van der Waals surface area contributed by atoms with Crippen molar-refractivity contribution in [2.45, 2.75) is 0 Å². The molecule has 1 heterocycles. The van der Waals surface area contributed by atoms with E-state index in [0.717, 1.165) is 0 Å². The Kier molecular flexibility index (Phi) is 2.64. The van der Waals surface area contributed by atoms with Gasteiger partial charge in [0.2, 0.25) is 5.78 Å². The number of Topliss-reactive ketones (excluding diaryl/α,β-unsaturated/α-hetero) is 1. The van der Waals surface area contributed by atoms with Crippen LogP contribution in [0.25, 0.3) is 11.1 Å². The molecule has 2 rings (SSSR count). The molecule has 4 nitrogen and oxygen atoms in total. The minimum absolute atomic E-state index is 0.0242. The van der Waals surface area contributed by atoms with Crippen molar-refractivity contribution >= 4 is 39.1 Å². The number of fused-ring (bicyclic) bond motifs is 1. The highest BCUT2D eigenvalue weighted by molar-refractivity contribution is 9.09. The van der Waals surface area contributed by atoms with Gasteiger partial charge in [0.1, 0.15) is 5.52 Å². The molecule has 1 aromatic carbocycles. The summed E-state index contributed by atoms with van der Waals surface area (Å²) in [7, 11) is 0. The number of carbonyl (C=O) groups excluding carboxylic acids is 2. The van der Waals surface area contributed by atoms with Crippen molar-refractivity contribution in [1.29, 1.82) is 0 Å². The Balaban J connectivity index is 2.65. The molecule has 0 bridgehead atoms. The Hall–Kier alpha value is -1.49. The molecule has 0 N–H and O–H groups in total. The summed E-state index contributed by atoms with van der Waals surface area (Å²) in [6.45, 7) is 0. The van der Waals surface area contributed by atoms with Crippen LogP contribution < -0.4 is 0 Å². The summed E-state index contributed by atoms with van der Waals surface area (Å²) in [5, 5.41) is 0.149. The van der Waals surface area contributed by atoms with Crippen LogP contribution in [0.1, 0.15) is 21.0 Å². The van der Waals surface area contributed by atoms with Crippen molar-refractivity contribution in [1.82, 2.24) is 4.98 Å². The van der Waals surface area contributed by atoms with E-state index in [1.54, 1.807) is 18.2 Å². The lowest BCUT2D eigenvalue weighted by Gasteiger charge is -1.89. The molecular formula is C10H6BrNO3. The van der Waals surface area contributed by atoms with Crippen LogP contribution in [0, 0.1) is 0 Å². The van der Waals surface area contributed by atoms with Crippen molar-refractivity contribution < 1.29 is 14.0 Å². The average Bonchev–Trinajstić information content (AvgIpc) is 2.71. The number of hydrogen-bond acceptors (Lipinski definition) is 4. The van der Waals surface area contributed by atoms with E-state index in [-0.39, 0.29) is 17.0 Å². The second-order valence-corrected chi connectivity index (χ2v) is 3.45. The molecule has 1 aromatic heterocycles. The van der Waals surface area contributed by atoms with Crippen LogP contribution in [0.5, 0.6) is 0 Å². The van der Waals surface area contributed by atoms with E-state index in [9.17, 15) is 9.59 Å². The summed E-state index contributed by atoms with van der Waals surface area (Å²) in [5.41, 5.74) is 1.27. The quantitative estimate of drug-likeness (QED) is 0.486. The van der Waals surface area contributed by atoms with E-state index in [0.29, 0.717) is 22.9 Å². The van der Waals surface area contributed by atoms with Crippen molar-refractivity contribution in [3.8, 4) is 0 Å². The van der Waals surface area contributed by atoms with Crippen LogP contribution in [0.3, 0.4) is 0 Å². The second kappa shape index (κ2) is 3.94. The molecule has 2 aromatic rings. The summed E-state index contributed by atoms with van der Waals surface area (Å²) in [4.78, 5) is 26.0. The minimum atomic E-state index is -0.247. The third kappa shape index (κ3) is 1.70. The molecule has 0 saturated heterocycles. The maximum Gasteiger partial charge on any atom is 0.265 e. The number of ketones is 1. The van der Waals surface area contributed by atoms with Gasteiger partial charge in [-0.25, -0.2) is 4.98 Å². The molecule has 0 amide bonds. The topological polar surface area (TPSA) is 60.2 Å². The van der Waals surface area contributed by atoms with Gasteiger partial charge in [-0.05, 0) is 12.1 Å². The molecule has 0 aliphatic heterocycles. The van der Waals surface area contributed by atoms with Crippen LogP contribution in [0.4, 0.5) is 0 Å². The van der Waals surface area contributed by atoms with E-state index in [1.807, 2.05) is 0 Å². The fourth-order valence-electron chi connectivity index (χ4n) is 1.24. The third-order valence-corrected chi connectivity index (χ3v) is 2.44. The number of carbonyl (C=O) groups is 2. The maximum absolute atomic E-state index is 11.3. The number of rotatable bonds is 3. The molecule has 0 aliphatic carbocycles. The molecule has 76 valence electrons. The molecule has 15 heavy (non-hydrogen) atoms. The van der Waals surface area contributed by atoms with Crippen molar-refractivity contribution in [2.24, 2.45) is 0 Å². The highest BCUT2D eigenvalue weighted by Gasteiger charge is 2.14. The third-order valence-electron chi connectivity index (χ3n) is 1.93. The van der Waals surface area contributed by atoms with Crippen molar-refractivity contribution in [3.05, 3.63) is 29.7 Å². The molecule has 0 saturated carbocycles. The number of halogens is 1. The van der Waals surface area contributed by atoms with Gasteiger partial charge in [0.15, 0.2) is 11.9 Å². The van der Waals surface area contributed by atoms with Gasteiger partial charge in [-0.1, -0.05) is 22.0 Å². The smallest absolute Gasteiger partial charge is 0.265 e. The number of oxazole rings is 1.